The molecule has 1 N–H and O–H groups in total. The van der Waals surface area contributed by atoms with E-state index in [1.54, 1.807) is 0 Å². The first-order chi connectivity index (χ1) is 7.21. The van der Waals surface area contributed by atoms with E-state index in [1.165, 1.54) is 0 Å². The number of aliphatic carboxylic acids is 1. The highest BCUT2D eigenvalue weighted by Gasteiger charge is 2.40. The lowest BCUT2D eigenvalue weighted by Crippen LogP contribution is -2.29. The van der Waals surface area contributed by atoms with Crippen LogP contribution in [0.1, 0.15) is 51.9 Å². The molecule has 1 saturated carbocycles. The van der Waals surface area contributed by atoms with Gasteiger partial charge in [-0.05, 0) is 25.7 Å². The Kier molecular flexibility index (Phi) is 5.09. The average Bonchev–Trinajstić information content (AvgIpc) is 2.67. The molecule has 0 radical (unpaired) electrons. The molecule has 1 fully saturated rings. The fraction of sp³-hybridized carbons (Fsp3) is 0.917. The zero-order valence-corrected chi connectivity index (χ0v) is 9.63. The Hall–Kier alpha value is -0.570. The van der Waals surface area contributed by atoms with Gasteiger partial charge in [-0.25, -0.2) is 0 Å². The molecule has 0 aromatic rings. The van der Waals surface area contributed by atoms with Gasteiger partial charge in [-0.15, -0.1) is 0 Å². The third kappa shape index (κ3) is 3.49. The summed E-state index contributed by atoms with van der Waals surface area (Å²) >= 11 is 0. The number of carbonyl (C=O) groups is 1. The molecule has 0 aromatic carbocycles. The molecule has 0 amide bonds. The van der Waals surface area contributed by atoms with Gasteiger partial charge in [-0.3, -0.25) is 4.79 Å². The summed E-state index contributed by atoms with van der Waals surface area (Å²) < 4.78 is 5.45. The fourth-order valence-electron chi connectivity index (χ4n) is 2.24. The summed E-state index contributed by atoms with van der Waals surface area (Å²) in [6.07, 6.45) is 6.66. The lowest BCUT2D eigenvalue weighted by atomic mass is 9.83. The molecule has 0 atom stereocenters. The minimum absolute atomic E-state index is 0.466. The predicted octanol–water partition coefficient (Wildman–Crippen LogP) is 2.84. The summed E-state index contributed by atoms with van der Waals surface area (Å²) in [7, 11) is 0. The molecule has 0 heterocycles. The maximum atomic E-state index is 11.2. The second-order valence-corrected chi connectivity index (χ2v) is 4.51. The van der Waals surface area contributed by atoms with Crippen LogP contribution in [0.25, 0.3) is 0 Å². The van der Waals surface area contributed by atoms with Crippen LogP contribution in [-0.2, 0) is 9.53 Å². The van der Waals surface area contributed by atoms with Crippen LogP contribution in [0.15, 0.2) is 0 Å². The molecule has 0 bridgehead atoms. The van der Waals surface area contributed by atoms with Gasteiger partial charge in [-0.1, -0.05) is 26.2 Å². The van der Waals surface area contributed by atoms with Crippen molar-refractivity contribution in [2.45, 2.75) is 51.9 Å². The molecule has 1 rings (SSSR count). The van der Waals surface area contributed by atoms with Crippen molar-refractivity contribution in [3.63, 3.8) is 0 Å². The summed E-state index contributed by atoms with van der Waals surface area (Å²) in [6, 6.07) is 0. The van der Waals surface area contributed by atoms with Gasteiger partial charge >= 0.3 is 5.97 Å². The van der Waals surface area contributed by atoms with E-state index in [1.807, 2.05) is 0 Å². The summed E-state index contributed by atoms with van der Waals surface area (Å²) in [5, 5.41) is 9.21. The van der Waals surface area contributed by atoms with Crippen molar-refractivity contribution in [2.75, 3.05) is 13.2 Å². The van der Waals surface area contributed by atoms with Crippen LogP contribution in [0.3, 0.4) is 0 Å². The molecule has 0 saturated heterocycles. The highest BCUT2D eigenvalue weighted by molar-refractivity contribution is 5.74. The number of hydrogen-bond donors (Lipinski definition) is 1. The maximum absolute atomic E-state index is 11.2. The standard InChI is InChI=1S/C12H22O3/c1-2-3-9-15-10-8-12(11(13)14)6-4-5-7-12/h2-10H2,1H3,(H,13,14). The van der Waals surface area contributed by atoms with Crippen molar-refractivity contribution in [3.05, 3.63) is 0 Å². The molecule has 0 aromatic heterocycles. The zero-order valence-electron chi connectivity index (χ0n) is 9.63. The number of unbranched alkanes of at least 4 members (excludes halogenated alkanes) is 1. The minimum atomic E-state index is -0.626. The molecule has 0 unspecified atom stereocenters. The van der Waals surface area contributed by atoms with E-state index in [0.29, 0.717) is 13.0 Å². The van der Waals surface area contributed by atoms with Crippen LogP contribution in [0, 0.1) is 5.41 Å². The molecular formula is C12H22O3. The van der Waals surface area contributed by atoms with Gasteiger partial charge in [0, 0.05) is 13.2 Å². The number of ether oxygens (including phenoxy) is 1. The van der Waals surface area contributed by atoms with Gasteiger partial charge in [0.15, 0.2) is 0 Å². The Morgan fingerprint density at radius 3 is 2.53 bits per heavy atom. The summed E-state index contributed by atoms with van der Waals surface area (Å²) in [4.78, 5) is 11.2. The normalized spacial score (nSPS) is 19.3. The third-order valence-electron chi connectivity index (χ3n) is 3.38. The highest BCUT2D eigenvalue weighted by atomic mass is 16.5. The van der Waals surface area contributed by atoms with E-state index < -0.39 is 11.4 Å². The van der Waals surface area contributed by atoms with Crippen LogP contribution in [0.5, 0.6) is 0 Å². The lowest BCUT2D eigenvalue weighted by Gasteiger charge is -2.23. The van der Waals surface area contributed by atoms with E-state index in [4.69, 9.17) is 4.74 Å². The SMILES string of the molecule is CCCCOCCC1(C(=O)O)CCCC1. The molecule has 3 heteroatoms. The topological polar surface area (TPSA) is 46.5 Å². The Bertz CT molecular complexity index is 195. The first kappa shape index (κ1) is 12.5. The zero-order chi connectivity index (χ0) is 11.1. The van der Waals surface area contributed by atoms with Crippen LogP contribution in [0.4, 0.5) is 0 Å². The second kappa shape index (κ2) is 6.11. The first-order valence-electron chi connectivity index (χ1n) is 6.02. The largest absolute Gasteiger partial charge is 0.481 e. The maximum Gasteiger partial charge on any atom is 0.309 e. The van der Waals surface area contributed by atoms with Crippen LogP contribution in [-0.4, -0.2) is 24.3 Å². The predicted molar refractivity (Wildman–Crippen MR) is 58.9 cm³/mol. The Labute approximate surface area is 91.8 Å². The quantitative estimate of drug-likeness (QED) is 0.663. The highest BCUT2D eigenvalue weighted by Crippen LogP contribution is 2.41. The van der Waals surface area contributed by atoms with E-state index >= 15 is 0 Å². The van der Waals surface area contributed by atoms with Gasteiger partial charge < -0.3 is 9.84 Å². The van der Waals surface area contributed by atoms with Crippen molar-refractivity contribution < 1.29 is 14.6 Å². The summed E-state index contributed by atoms with van der Waals surface area (Å²) in [5.41, 5.74) is -0.466. The average molecular weight is 214 g/mol. The first-order valence-corrected chi connectivity index (χ1v) is 6.02. The van der Waals surface area contributed by atoms with Crippen molar-refractivity contribution >= 4 is 5.97 Å². The van der Waals surface area contributed by atoms with E-state index in [0.717, 1.165) is 45.1 Å². The minimum Gasteiger partial charge on any atom is -0.481 e. The van der Waals surface area contributed by atoms with Gasteiger partial charge in [0.1, 0.15) is 0 Å². The molecule has 88 valence electrons. The summed E-state index contributed by atoms with van der Waals surface area (Å²) in [5.74, 6) is -0.626. The fourth-order valence-corrected chi connectivity index (χ4v) is 2.24. The van der Waals surface area contributed by atoms with E-state index in [9.17, 15) is 9.90 Å². The number of hydrogen-bond acceptors (Lipinski definition) is 2. The molecular weight excluding hydrogens is 192 g/mol. The third-order valence-corrected chi connectivity index (χ3v) is 3.38. The van der Waals surface area contributed by atoms with Crippen LogP contribution < -0.4 is 0 Å². The Balaban J connectivity index is 2.24. The van der Waals surface area contributed by atoms with Gasteiger partial charge in [0.2, 0.25) is 0 Å². The number of carboxylic acid groups (broad SMARTS) is 1. The van der Waals surface area contributed by atoms with Crippen molar-refractivity contribution in [2.24, 2.45) is 5.41 Å². The Morgan fingerprint density at radius 1 is 1.33 bits per heavy atom. The van der Waals surface area contributed by atoms with Gasteiger partial charge in [0.05, 0.1) is 5.41 Å². The number of carboxylic acids is 1. The van der Waals surface area contributed by atoms with Gasteiger partial charge in [0.25, 0.3) is 0 Å². The monoisotopic (exact) mass is 214 g/mol. The second-order valence-electron chi connectivity index (χ2n) is 4.51. The summed E-state index contributed by atoms with van der Waals surface area (Å²) in [6.45, 7) is 3.50. The Morgan fingerprint density at radius 2 is 2.00 bits per heavy atom. The molecule has 0 aliphatic heterocycles. The number of rotatable bonds is 7. The van der Waals surface area contributed by atoms with Crippen molar-refractivity contribution in [1.82, 2.24) is 0 Å². The van der Waals surface area contributed by atoms with E-state index in [-0.39, 0.29) is 0 Å². The molecule has 0 spiro atoms. The molecule has 15 heavy (non-hydrogen) atoms. The van der Waals surface area contributed by atoms with Crippen LogP contribution >= 0.6 is 0 Å². The van der Waals surface area contributed by atoms with Crippen LogP contribution in [0.2, 0.25) is 0 Å². The molecule has 1 aliphatic carbocycles. The molecule has 3 nitrogen and oxygen atoms in total. The van der Waals surface area contributed by atoms with Crippen molar-refractivity contribution in [1.29, 1.82) is 0 Å². The molecule has 1 aliphatic rings. The van der Waals surface area contributed by atoms with Crippen molar-refractivity contribution in [3.8, 4) is 0 Å². The lowest BCUT2D eigenvalue weighted by molar-refractivity contribution is -0.149. The van der Waals surface area contributed by atoms with E-state index in [2.05, 4.69) is 6.92 Å². The van der Waals surface area contributed by atoms with Gasteiger partial charge in [-0.2, -0.15) is 0 Å². The smallest absolute Gasteiger partial charge is 0.309 e.